The van der Waals surface area contributed by atoms with E-state index in [2.05, 4.69) is 5.32 Å². The van der Waals surface area contributed by atoms with Crippen molar-refractivity contribution in [2.75, 3.05) is 0 Å². The molecule has 3 heteroatoms. The molecule has 3 nitrogen and oxygen atoms in total. The zero-order valence-electron chi connectivity index (χ0n) is 10.9. The topological polar surface area (TPSA) is 49.3 Å². The van der Waals surface area contributed by atoms with Crippen molar-refractivity contribution in [2.24, 2.45) is 0 Å². The normalized spacial score (nSPS) is 17.2. The second-order valence-electron chi connectivity index (χ2n) is 5.13. The van der Waals surface area contributed by atoms with Crippen LogP contribution in [0.1, 0.15) is 54.4 Å². The van der Waals surface area contributed by atoms with Gasteiger partial charge in [-0.3, -0.25) is 4.79 Å². The minimum absolute atomic E-state index is 0.101. The SMILES string of the molecule is Cc1cccc(C(=O)NC2CCCCCC2)c1O. The summed E-state index contributed by atoms with van der Waals surface area (Å²) in [5.74, 6) is -0.0493. The van der Waals surface area contributed by atoms with Gasteiger partial charge in [-0.1, -0.05) is 37.8 Å². The molecule has 0 unspecified atom stereocenters. The number of benzene rings is 1. The zero-order valence-corrected chi connectivity index (χ0v) is 10.9. The first-order valence-corrected chi connectivity index (χ1v) is 6.78. The van der Waals surface area contributed by atoms with Gasteiger partial charge in [-0.15, -0.1) is 0 Å². The van der Waals surface area contributed by atoms with Gasteiger partial charge in [0.05, 0.1) is 5.56 Å². The number of aryl methyl sites for hydroxylation is 1. The molecule has 1 saturated carbocycles. The highest BCUT2D eigenvalue weighted by Crippen LogP contribution is 2.22. The largest absolute Gasteiger partial charge is 0.507 e. The maximum Gasteiger partial charge on any atom is 0.255 e. The number of carbonyl (C=O) groups excluding carboxylic acids is 1. The number of hydrogen-bond acceptors (Lipinski definition) is 2. The summed E-state index contributed by atoms with van der Waals surface area (Å²) in [5, 5.41) is 12.9. The van der Waals surface area contributed by atoms with Gasteiger partial charge >= 0.3 is 0 Å². The summed E-state index contributed by atoms with van der Waals surface area (Å²) < 4.78 is 0. The van der Waals surface area contributed by atoms with Crippen molar-refractivity contribution in [2.45, 2.75) is 51.5 Å². The minimum atomic E-state index is -0.150. The van der Waals surface area contributed by atoms with Gasteiger partial charge in [-0.05, 0) is 31.4 Å². The average Bonchev–Trinajstić information content (AvgIpc) is 2.61. The van der Waals surface area contributed by atoms with Crippen LogP contribution in [0.25, 0.3) is 0 Å². The summed E-state index contributed by atoms with van der Waals surface area (Å²) in [6.45, 7) is 1.80. The molecule has 0 aliphatic heterocycles. The fraction of sp³-hybridized carbons (Fsp3) is 0.533. The molecule has 1 fully saturated rings. The molecule has 0 atom stereocenters. The molecule has 1 amide bonds. The lowest BCUT2D eigenvalue weighted by Crippen LogP contribution is -2.34. The van der Waals surface area contributed by atoms with E-state index in [1.807, 2.05) is 0 Å². The summed E-state index contributed by atoms with van der Waals surface area (Å²) >= 11 is 0. The Bertz CT molecular complexity index is 421. The maximum absolute atomic E-state index is 12.1. The lowest BCUT2D eigenvalue weighted by atomic mass is 10.1. The number of rotatable bonds is 2. The van der Waals surface area contributed by atoms with Crippen LogP contribution in [0.2, 0.25) is 0 Å². The van der Waals surface area contributed by atoms with E-state index in [1.54, 1.807) is 25.1 Å². The molecule has 1 aromatic rings. The number of para-hydroxylation sites is 1. The molecular weight excluding hydrogens is 226 g/mol. The molecule has 1 aliphatic carbocycles. The van der Waals surface area contributed by atoms with Gasteiger partial charge < -0.3 is 10.4 Å². The highest BCUT2D eigenvalue weighted by atomic mass is 16.3. The smallest absolute Gasteiger partial charge is 0.255 e. The first kappa shape index (κ1) is 12.9. The van der Waals surface area contributed by atoms with Crippen molar-refractivity contribution in [3.63, 3.8) is 0 Å². The van der Waals surface area contributed by atoms with Gasteiger partial charge in [-0.25, -0.2) is 0 Å². The summed E-state index contributed by atoms with van der Waals surface area (Å²) in [6.07, 6.45) is 7.01. The number of phenols is 1. The molecule has 0 heterocycles. The van der Waals surface area contributed by atoms with Crippen molar-refractivity contribution < 1.29 is 9.90 Å². The van der Waals surface area contributed by atoms with Gasteiger partial charge in [0, 0.05) is 6.04 Å². The second-order valence-corrected chi connectivity index (χ2v) is 5.13. The zero-order chi connectivity index (χ0) is 13.0. The van der Waals surface area contributed by atoms with Gasteiger partial charge in [0.25, 0.3) is 5.91 Å². The predicted molar refractivity (Wildman–Crippen MR) is 71.8 cm³/mol. The van der Waals surface area contributed by atoms with E-state index in [-0.39, 0.29) is 17.7 Å². The van der Waals surface area contributed by atoms with Crippen LogP contribution >= 0.6 is 0 Å². The van der Waals surface area contributed by atoms with Gasteiger partial charge in [0.1, 0.15) is 5.75 Å². The van der Waals surface area contributed by atoms with Crippen LogP contribution in [0, 0.1) is 6.92 Å². The summed E-state index contributed by atoms with van der Waals surface area (Å²) in [4.78, 5) is 12.1. The predicted octanol–water partition coefficient (Wildman–Crippen LogP) is 3.15. The number of aromatic hydroxyl groups is 1. The molecule has 18 heavy (non-hydrogen) atoms. The van der Waals surface area contributed by atoms with E-state index >= 15 is 0 Å². The Morgan fingerprint density at radius 2 is 1.89 bits per heavy atom. The molecule has 0 saturated heterocycles. The number of nitrogens with one attached hydrogen (secondary N) is 1. The van der Waals surface area contributed by atoms with E-state index in [4.69, 9.17) is 0 Å². The highest BCUT2D eigenvalue weighted by molar-refractivity contribution is 5.97. The van der Waals surface area contributed by atoms with Crippen molar-refractivity contribution in [1.82, 2.24) is 5.32 Å². The molecule has 1 aromatic carbocycles. The van der Waals surface area contributed by atoms with Crippen molar-refractivity contribution >= 4 is 5.91 Å². The quantitative estimate of drug-likeness (QED) is 0.789. The van der Waals surface area contributed by atoms with Crippen molar-refractivity contribution in [3.8, 4) is 5.75 Å². The van der Waals surface area contributed by atoms with Crippen LogP contribution < -0.4 is 5.32 Å². The Labute approximate surface area is 108 Å². The molecule has 0 radical (unpaired) electrons. The van der Waals surface area contributed by atoms with Gasteiger partial charge in [-0.2, -0.15) is 0 Å². The Balaban J connectivity index is 2.04. The lowest BCUT2D eigenvalue weighted by Gasteiger charge is -2.17. The third-order valence-corrected chi connectivity index (χ3v) is 3.67. The fourth-order valence-corrected chi connectivity index (χ4v) is 2.53. The number of amides is 1. The summed E-state index contributed by atoms with van der Waals surface area (Å²) in [5.41, 5.74) is 1.13. The van der Waals surface area contributed by atoms with E-state index in [1.165, 1.54) is 25.7 Å². The van der Waals surface area contributed by atoms with E-state index < -0.39 is 0 Å². The van der Waals surface area contributed by atoms with E-state index in [0.29, 0.717) is 5.56 Å². The van der Waals surface area contributed by atoms with E-state index in [0.717, 1.165) is 18.4 Å². The molecule has 98 valence electrons. The molecular formula is C15H21NO2. The van der Waals surface area contributed by atoms with Crippen LogP contribution in [-0.4, -0.2) is 17.1 Å². The van der Waals surface area contributed by atoms with Crippen LogP contribution in [0.3, 0.4) is 0 Å². The Kier molecular flexibility index (Phi) is 4.24. The maximum atomic E-state index is 12.1. The fourth-order valence-electron chi connectivity index (χ4n) is 2.53. The number of hydrogen-bond donors (Lipinski definition) is 2. The minimum Gasteiger partial charge on any atom is -0.507 e. The Morgan fingerprint density at radius 1 is 1.22 bits per heavy atom. The number of carbonyl (C=O) groups is 1. The summed E-state index contributed by atoms with van der Waals surface area (Å²) in [6, 6.07) is 5.54. The van der Waals surface area contributed by atoms with E-state index in [9.17, 15) is 9.90 Å². The molecule has 0 bridgehead atoms. The molecule has 2 rings (SSSR count). The monoisotopic (exact) mass is 247 g/mol. The van der Waals surface area contributed by atoms with Crippen LogP contribution in [-0.2, 0) is 0 Å². The average molecular weight is 247 g/mol. The van der Waals surface area contributed by atoms with Gasteiger partial charge in [0.2, 0.25) is 0 Å². The first-order chi connectivity index (χ1) is 8.68. The highest BCUT2D eigenvalue weighted by Gasteiger charge is 2.18. The second kappa shape index (κ2) is 5.89. The van der Waals surface area contributed by atoms with Gasteiger partial charge in [0.15, 0.2) is 0 Å². The molecule has 1 aliphatic rings. The van der Waals surface area contributed by atoms with Crippen LogP contribution in [0.15, 0.2) is 18.2 Å². The molecule has 2 N–H and O–H groups in total. The van der Waals surface area contributed by atoms with Crippen LogP contribution in [0.5, 0.6) is 5.75 Å². The summed E-state index contributed by atoms with van der Waals surface area (Å²) in [7, 11) is 0. The number of phenolic OH excluding ortho intramolecular Hbond substituents is 1. The third kappa shape index (κ3) is 3.03. The third-order valence-electron chi connectivity index (χ3n) is 3.67. The molecule has 0 aromatic heterocycles. The van der Waals surface area contributed by atoms with Crippen LogP contribution in [0.4, 0.5) is 0 Å². The first-order valence-electron chi connectivity index (χ1n) is 6.78. The Morgan fingerprint density at radius 3 is 2.56 bits per heavy atom. The van der Waals surface area contributed by atoms with Crippen molar-refractivity contribution in [1.29, 1.82) is 0 Å². The lowest BCUT2D eigenvalue weighted by molar-refractivity contribution is 0.0930. The molecule has 0 spiro atoms. The standard InChI is InChI=1S/C15H21NO2/c1-11-7-6-10-13(14(11)17)15(18)16-12-8-4-2-3-5-9-12/h6-7,10,12,17H,2-5,8-9H2,1H3,(H,16,18). The van der Waals surface area contributed by atoms with Crippen molar-refractivity contribution in [3.05, 3.63) is 29.3 Å². The Hall–Kier alpha value is -1.51.